The molecule has 0 saturated carbocycles. The lowest BCUT2D eigenvalue weighted by atomic mass is 10.3. The highest BCUT2D eigenvalue weighted by atomic mass is 16.6. The molecule has 0 aromatic rings. The third-order valence-corrected chi connectivity index (χ3v) is 1.49. The summed E-state index contributed by atoms with van der Waals surface area (Å²) in [5.74, 6) is 2.37. The number of terminal acetylenes is 1. The second-order valence-electron chi connectivity index (χ2n) is 2.33. The maximum Gasteiger partial charge on any atom is 0.411 e. The van der Waals surface area contributed by atoms with Gasteiger partial charge in [-0.15, -0.1) is 6.42 Å². The van der Waals surface area contributed by atoms with Crippen LogP contribution in [0.3, 0.4) is 0 Å². The second kappa shape index (κ2) is 3.26. The van der Waals surface area contributed by atoms with Gasteiger partial charge in [0.1, 0.15) is 6.10 Å². The molecule has 0 spiro atoms. The number of hydrogen-bond acceptors (Lipinski definition) is 3. The number of hydrogen-bond donors (Lipinski definition) is 1. The number of ether oxygens (including phenoxy) is 1. The summed E-state index contributed by atoms with van der Waals surface area (Å²) in [6.07, 6.45) is 4.48. The van der Waals surface area contributed by atoms with Crippen LogP contribution in [0.5, 0.6) is 0 Å². The van der Waals surface area contributed by atoms with Crippen LogP contribution in [0, 0.1) is 12.3 Å². The fourth-order valence-electron chi connectivity index (χ4n) is 0.937. The van der Waals surface area contributed by atoms with Gasteiger partial charge in [0, 0.05) is 6.54 Å². The zero-order valence-corrected chi connectivity index (χ0v) is 6.12. The van der Waals surface area contributed by atoms with E-state index in [4.69, 9.17) is 16.9 Å². The average Bonchev–Trinajstić information content (AvgIpc) is 2.33. The van der Waals surface area contributed by atoms with Crippen molar-refractivity contribution < 1.29 is 9.53 Å². The summed E-state index contributed by atoms with van der Waals surface area (Å²) in [7, 11) is 0. The van der Waals surface area contributed by atoms with E-state index in [9.17, 15) is 4.79 Å². The molecule has 0 aliphatic carbocycles. The predicted molar refractivity (Wildman–Crippen MR) is 39.7 cm³/mol. The molecule has 11 heavy (non-hydrogen) atoms. The molecular formula is C7H10N2O2. The van der Waals surface area contributed by atoms with Crippen molar-refractivity contribution in [2.75, 3.05) is 19.6 Å². The Labute approximate surface area is 65.3 Å². The summed E-state index contributed by atoms with van der Waals surface area (Å²) >= 11 is 0. The highest BCUT2D eigenvalue weighted by Gasteiger charge is 2.28. The third-order valence-electron chi connectivity index (χ3n) is 1.49. The predicted octanol–water partition coefficient (Wildman–Crippen LogP) is -0.601. The lowest BCUT2D eigenvalue weighted by Crippen LogP contribution is -2.27. The zero-order valence-electron chi connectivity index (χ0n) is 6.12. The van der Waals surface area contributed by atoms with E-state index in [-0.39, 0.29) is 12.2 Å². The fraction of sp³-hybridized carbons (Fsp3) is 0.571. The molecule has 2 N–H and O–H groups in total. The molecule has 0 aromatic heterocycles. The number of nitrogens with zero attached hydrogens (tertiary/aromatic N) is 1. The van der Waals surface area contributed by atoms with Crippen molar-refractivity contribution in [1.29, 1.82) is 0 Å². The molecule has 1 fully saturated rings. The summed E-state index contributed by atoms with van der Waals surface area (Å²) in [4.78, 5) is 12.3. The van der Waals surface area contributed by atoms with Gasteiger partial charge in [0.2, 0.25) is 0 Å². The normalized spacial score (nSPS) is 23.1. The van der Waals surface area contributed by atoms with Gasteiger partial charge in [-0.25, -0.2) is 4.79 Å². The molecule has 1 heterocycles. The van der Waals surface area contributed by atoms with Gasteiger partial charge >= 0.3 is 6.09 Å². The van der Waals surface area contributed by atoms with Crippen molar-refractivity contribution in [2.24, 2.45) is 5.73 Å². The SMILES string of the molecule is C#CCN1CC(CN)OC1=O. The Morgan fingerprint density at radius 2 is 2.64 bits per heavy atom. The van der Waals surface area contributed by atoms with E-state index < -0.39 is 0 Å². The van der Waals surface area contributed by atoms with E-state index >= 15 is 0 Å². The first-order valence-electron chi connectivity index (χ1n) is 3.37. The largest absolute Gasteiger partial charge is 0.443 e. The van der Waals surface area contributed by atoms with Crippen LogP contribution in [0.2, 0.25) is 0 Å². The molecular weight excluding hydrogens is 144 g/mol. The highest BCUT2D eigenvalue weighted by molar-refractivity contribution is 5.70. The summed E-state index contributed by atoms with van der Waals surface area (Å²) in [5.41, 5.74) is 5.30. The maximum absolute atomic E-state index is 10.9. The van der Waals surface area contributed by atoms with E-state index in [1.807, 2.05) is 0 Å². The van der Waals surface area contributed by atoms with Crippen LogP contribution >= 0.6 is 0 Å². The van der Waals surface area contributed by atoms with Crippen LogP contribution in [0.4, 0.5) is 4.79 Å². The molecule has 1 unspecified atom stereocenters. The van der Waals surface area contributed by atoms with Crippen LogP contribution in [-0.4, -0.2) is 36.7 Å². The molecule has 1 aliphatic heterocycles. The van der Waals surface area contributed by atoms with Gasteiger partial charge < -0.3 is 10.5 Å². The summed E-state index contributed by atoms with van der Waals surface area (Å²) < 4.78 is 4.84. The number of amides is 1. The number of carbonyl (C=O) groups excluding carboxylic acids is 1. The molecule has 60 valence electrons. The van der Waals surface area contributed by atoms with Gasteiger partial charge in [-0.3, -0.25) is 4.90 Å². The molecule has 0 bridgehead atoms. The maximum atomic E-state index is 10.9. The fourth-order valence-corrected chi connectivity index (χ4v) is 0.937. The van der Waals surface area contributed by atoms with Crippen LogP contribution in [0.15, 0.2) is 0 Å². The molecule has 1 atom stereocenters. The Bertz CT molecular complexity index is 197. The quantitative estimate of drug-likeness (QED) is 0.540. The standard InChI is InChI=1S/C7H10N2O2/c1-2-3-9-5-6(4-8)11-7(9)10/h1,6H,3-5,8H2. The van der Waals surface area contributed by atoms with Crippen molar-refractivity contribution >= 4 is 6.09 Å². The lowest BCUT2D eigenvalue weighted by Gasteiger charge is -2.06. The topological polar surface area (TPSA) is 55.6 Å². The minimum atomic E-state index is -0.363. The van der Waals surface area contributed by atoms with Crippen molar-refractivity contribution in [3.8, 4) is 12.3 Å². The summed E-state index contributed by atoms with van der Waals surface area (Å²) in [6, 6.07) is 0. The number of nitrogens with two attached hydrogens (primary N) is 1. The first kappa shape index (κ1) is 7.89. The van der Waals surface area contributed by atoms with Crippen molar-refractivity contribution in [3.63, 3.8) is 0 Å². The van der Waals surface area contributed by atoms with E-state index in [1.54, 1.807) is 0 Å². The molecule has 4 nitrogen and oxygen atoms in total. The first-order valence-corrected chi connectivity index (χ1v) is 3.37. The molecule has 1 amide bonds. The monoisotopic (exact) mass is 154 g/mol. The van der Waals surface area contributed by atoms with Gasteiger partial charge in [-0.2, -0.15) is 0 Å². The van der Waals surface area contributed by atoms with E-state index in [2.05, 4.69) is 5.92 Å². The Kier molecular flexibility index (Phi) is 2.34. The van der Waals surface area contributed by atoms with Crippen molar-refractivity contribution in [2.45, 2.75) is 6.10 Å². The van der Waals surface area contributed by atoms with Crippen molar-refractivity contribution in [1.82, 2.24) is 4.90 Å². The van der Waals surface area contributed by atoms with Crippen LogP contribution in [0.25, 0.3) is 0 Å². The molecule has 0 aromatic carbocycles. The second-order valence-corrected chi connectivity index (χ2v) is 2.33. The minimum Gasteiger partial charge on any atom is -0.443 e. The van der Waals surface area contributed by atoms with Gasteiger partial charge in [-0.05, 0) is 0 Å². The number of cyclic esters (lactones) is 1. The van der Waals surface area contributed by atoms with Crippen LogP contribution in [0.1, 0.15) is 0 Å². The number of rotatable bonds is 2. The van der Waals surface area contributed by atoms with Crippen LogP contribution < -0.4 is 5.73 Å². The van der Waals surface area contributed by atoms with Crippen LogP contribution in [-0.2, 0) is 4.74 Å². The van der Waals surface area contributed by atoms with E-state index in [0.717, 1.165) is 0 Å². The average molecular weight is 154 g/mol. The summed E-state index contributed by atoms with van der Waals surface area (Å²) in [5, 5.41) is 0. The Morgan fingerprint density at radius 1 is 1.91 bits per heavy atom. The number of carbonyl (C=O) groups is 1. The van der Waals surface area contributed by atoms with Gasteiger partial charge in [0.15, 0.2) is 0 Å². The molecule has 4 heteroatoms. The van der Waals surface area contributed by atoms with Crippen molar-refractivity contribution in [3.05, 3.63) is 0 Å². The molecule has 0 radical (unpaired) electrons. The minimum absolute atomic E-state index is 0.184. The smallest absolute Gasteiger partial charge is 0.411 e. The van der Waals surface area contributed by atoms with Gasteiger partial charge in [0.25, 0.3) is 0 Å². The van der Waals surface area contributed by atoms with Gasteiger partial charge in [-0.1, -0.05) is 5.92 Å². The first-order chi connectivity index (χ1) is 5.27. The lowest BCUT2D eigenvalue weighted by molar-refractivity contribution is 0.136. The Hall–Kier alpha value is -1.21. The van der Waals surface area contributed by atoms with E-state index in [1.165, 1.54) is 4.90 Å². The van der Waals surface area contributed by atoms with Gasteiger partial charge in [0.05, 0.1) is 13.1 Å². The summed E-state index contributed by atoms with van der Waals surface area (Å²) in [6.45, 7) is 1.17. The van der Waals surface area contributed by atoms with E-state index in [0.29, 0.717) is 19.6 Å². The zero-order chi connectivity index (χ0) is 8.27. The highest BCUT2D eigenvalue weighted by Crippen LogP contribution is 2.08. The molecule has 1 saturated heterocycles. The molecule has 1 rings (SSSR count). The molecule has 1 aliphatic rings. The Morgan fingerprint density at radius 3 is 3.09 bits per heavy atom. The Balaban J connectivity index is 2.46. The third kappa shape index (κ3) is 1.63.